The van der Waals surface area contributed by atoms with Gasteiger partial charge in [0.25, 0.3) is 0 Å². The average molecular weight is 213 g/mol. The van der Waals surface area contributed by atoms with Gasteiger partial charge in [0.05, 0.1) is 11.9 Å². The van der Waals surface area contributed by atoms with E-state index in [9.17, 15) is 9.90 Å². The summed E-state index contributed by atoms with van der Waals surface area (Å²) in [5.41, 5.74) is -0.237. The zero-order valence-corrected chi connectivity index (χ0v) is 8.78. The van der Waals surface area contributed by atoms with Crippen LogP contribution >= 0.6 is 0 Å². The van der Waals surface area contributed by atoms with Crippen LogP contribution in [0.4, 0.5) is 0 Å². The Kier molecular flexibility index (Phi) is 3.49. The highest BCUT2D eigenvalue weighted by Gasteiger charge is 2.15. The van der Waals surface area contributed by atoms with Gasteiger partial charge in [0, 0.05) is 18.7 Å². The summed E-state index contributed by atoms with van der Waals surface area (Å²) in [6, 6.07) is 1.60. The second-order valence-electron chi connectivity index (χ2n) is 4.00. The van der Waals surface area contributed by atoms with Gasteiger partial charge in [0.15, 0.2) is 0 Å². The number of aromatic carboxylic acids is 1. The highest BCUT2D eigenvalue weighted by Crippen LogP contribution is 2.10. The first-order valence-electron chi connectivity index (χ1n) is 4.63. The Balaban J connectivity index is 2.51. The molecule has 0 saturated heterocycles. The molecule has 0 aliphatic rings. The van der Waals surface area contributed by atoms with E-state index in [-0.39, 0.29) is 5.76 Å². The van der Waals surface area contributed by atoms with E-state index < -0.39 is 11.6 Å². The molecule has 0 aliphatic heterocycles. The van der Waals surface area contributed by atoms with E-state index in [2.05, 4.69) is 5.32 Å². The number of carbonyl (C=O) groups is 1. The number of furan rings is 1. The molecule has 84 valence electrons. The molecule has 0 spiro atoms. The van der Waals surface area contributed by atoms with Gasteiger partial charge in [-0.15, -0.1) is 0 Å². The van der Waals surface area contributed by atoms with E-state index in [1.807, 2.05) is 0 Å². The topological polar surface area (TPSA) is 82.7 Å². The van der Waals surface area contributed by atoms with E-state index >= 15 is 0 Å². The summed E-state index contributed by atoms with van der Waals surface area (Å²) in [6.07, 6.45) is 1.34. The molecule has 0 aliphatic carbocycles. The molecule has 0 radical (unpaired) electrons. The van der Waals surface area contributed by atoms with Crippen molar-refractivity contribution in [3.63, 3.8) is 0 Å². The number of hydrogen-bond donors (Lipinski definition) is 3. The molecule has 1 aromatic rings. The minimum Gasteiger partial charge on any atom is -0.475 e. The molecule has 1 aromatic heterocycles. The van der Waals surface area contributed by atoms with Gasteiger partial charge in [-0.25, -0.2) is 4.79 Å². The van der Waals surface area contributed by atoms with Crippen LogP contribution in [0.3, 0.4) is 0 Å². The Labute approximate surface area is 87.7 Å². The third-order valence-corrected chi connectivity index (χ3v) is 1.81. The number of nitrogens with one attached hydrogen (secondary N) is 1. The molecule has 0 amide bonds. The highest BCUT2D eigenvalue weighted by molar-refractivity contribution is 5.86. The number of carboxylic acids is 1. The fourth-order valence-corrected chi connectivity index (χ4v) is 1.17. The Bertz CT molecular complexity index is 337. The van der Waals surface area contributed by atoms with Crippen molar-refractivity contribution < 1.29 is 19.4 Å². The number of hydrogen-bond acceptors (Lipinski definition) is 4. The minimum absolute atomic E-state index is 0.0572. The van der Waals surface area contributed by atoms with Crippen LogP contribution in [0.15, 0.2) is 16.7 Å². The SMILES string of the molecule is CC(C)(O)CNCc1ccoc1C(=O)O. The minimum atomic E-state index is -1.08. The molecule has 0 bridgehead atoms. The second kappa shape index (κ2) is 4.46. The molecular formula is C10H15NO4. The predicted octanol–water partition coefficient (Wildman–Crippen LogP) is 0.838. The molecule has 0 unspecified atom stereocenters. The zero-order chi connectivity index (χ0) is 11.5. The summed E-state index contributed by atoms with van der Waals surface area (Å²) in [5.74, 6) is -1.14. The average Bonchev–Trinajstić information content (AvgIpc) is 2.49. The van der Waals surface area contributed by atoms with E-state index in [0.717, 1.165) is 0 Å². The van der Waals surface area contributed by atoms with Crippen LogP contribution in [-0.4, -0.2) is 28.3 Å². The van der Waals surface area contributed by atoms with Gasteiger partial charge in [-0.3, -0.25) is 0 Å². The molecule has 0 fully saturated rings. The van der Waals surface area contributed by atoms with Crippen molar-refractivity contribution in [2.75, 3.05) is 6.54 Å². The zero-order valence-electron chi connectivity index (χ0n) is 8.78. The van der Waals surface area contributed by atoms with E-state index in [1.165, 1.54) is 6.26 Å². The monoisotopic (exact) mass is 213 g/mol. The molecule has 0 atom stereocenters. The van der Waals surface area contributed by atoms with Crippen molar-refractivity contribution in [3.8, 4) is 0 Å². The number of aliphatic hydroxyl groups is 1. The van der Waals surface area contributed by atoms with Crippen LogP contribution in [0.5, 0.6) is 0 Å². The maximum atomic E-state index is 10.7. The molecule has 1 heterocycles. The number of rotatable bonds is 5. The predicted molar refractivity (Wildman–Crippen MR) is 53.7 cm³/mol. The van der Waals surface area contributed by atoms with Gasteiger partial charge in [0.1, 0.15) is 0 Å². The smallest absolute Gasteiger partial charge is 0.372 e. The summed E-state index contributed by atoms with van der Waals surface area (Å²) < 4.78 is 4.81. The molecule has 5 heteroatoms. The first-order chi connectivity index (χ1) is 6.90. The van der Waals surface area contributed by atoms with Crippen molar-refractivity contribution in [1.29, 1.82) is 0 Å². The fraction of sp³-hybridized carbons (Fsp3) is 0.500. The standard InChI is InChI=1S/C10H15NO4/c1-10(2,14)6-11-5-7-3-4-15-8(7)9(12)13/h3-4,11,14H,5-6H2,1-2H3,(H,12,13). The van der Waals surface area contributed by atoms with Crippen molar-refractivity contribution in [1.82, 2.24) is 5.32 Å². The Hall–Kier alpha value is -1.33. The van der Waals surface area contributed by atoms with Crippen LogP contribution < -0.4 is 5.32 Å². The largest absolute Gasteiger partial charge is 0.475 e. The first kappa shape index (κ1) is 11.7. The van der Waals surface area contributed by atoms with Gasteiger partial charge in [0.2, 0.25) is 5.76 Å². The summed E-state index contributed by atoms with van der Waals surface area (Å²) in [7, 11) is 0. The van der Waals surface area contributed by atoms with Crippen LogP contribution in [0.2, 0.25) is 0 Å². The van der Waals surface area contributed by atoms with Crippen molar-refractivity contribution in [2.45, 2.75) is 26.0 Å². The van der Waals surface area contributed by atoms with Crippen molar-refractivity contribution >= 4 is 5.97 Å². The molecule has 3 N–H and O–H groups in total. The van der Waals surface area contributed by atoms with Crippen LogP contribution in [0.1, 0.15) is 30.0 Å². The van der Waals surface area contributed by atoms with Crippen LogP contribution in [0, 0.1) is 0 Å². The summed E-state index contributed by atoms with van der Waals surface area (Å²) in [4.78, 5) is 10.7. The Morgan fingerprint density at radius 2 is 2.27 bits per heavy atom. The molecular weight excluding hydrogens is 198 g/mol. The van der Waals surface area contributed by atoms with Gasteiger partial charge < -0.3 is 19.9 Å². The first-order valence-corrected chi connectivity index (χ1v) is 4.63. The lowest BCUT2D eigenvalue weighted by molar-refractivity contribution is 0.0660. The maximum Gasteiger partial charge on any atom is 0.372 e. The molecule has 0 saturated carbocycles. The third kappa shape index (κ3) is 3.73. The lowest BCUT2D eigenvalue weighted by atomic mass is 10.1. The third-order valence-electron chi connectivity index (χ3n) is 1.81. The maximum absolute atomic E-state index is 10.7. The Morgan fingerprint density at radius 1 is 1.60 bits per heavy atom. The normalized spacial score (nSPS) is 11.7. The highest BCUT2D eigenvalue weighted by atomic mass is 16.4. The molecule has 0 aromatic carbocycles. The number of carboxylic acid groups (broad SMARTS) is 1. The molecule has 15 heavy (non-hydrogen) atoms. The van der Waals surface area contributed by atoms with E-state index in [4.69, 9.17) is 9.52 Å². The lowest BCUT2D eigenvalue weighted by Gasteiger charge is -2.17. The van der Waals surface area contributed by atoms with Gasteiger partial charge in [-0.1, -0.05) is 0 Å². The Morgan fingerprint density at radius 3 is 2.80 bits per heavy atom. The summed E-state index contributed by atoms with van der Waals surface area (Å²) in [5, 5.41) is 21.1. The van der Waals surface area contributed by atoms with Crippen molar-refractivity contribution in [3.05, 3.63) is 23.7 Å². The fourth-order valence-electron chi connectivity index (χ4n) is 1.17. The van der Waals surface area contributed by atoms with Gasteiger partial charge in [-0.2, -0.15) is 0 Å². The summed E-state index contributed by atoms with van der Waals surface area (Å²) in [6.45, 7) is 4.10. The summed E-state index contributed by atoms with van der Waals surface area (Å²) >= 11 is 0. The van der Waals surface area contributed by atoms with Gasteiger partial charge >= 0.3 is 5.97 Å². The van der Waals surface area contributed by atoms with Crippen molar-refractivity contribution in [2.24, 2.45) is 0 Å². The van der Waals surface area contributed by atoms with Crippen LogP contribution in [-0.2, 0) is 6.54 Å². The second-order valence-corrected chi connectivity index (χ2v) is 4.00. The van der Waals surface area contributed by atoms with E-state index in [1.54, 1.807) is 19.9 Å². The van der Waals surface area contributed by atoms with E-state index in [0.29, 0.717) is 18.7 Å². The van der Waals surface area contributed by atoms with Crippen LogP contribution in [0.25, 0.3) is 0 Å². The molecule has 1 rings (SSSR count). The quantitative estimate of drug-likeness (QED) is 0.675. The van der Waals surface area contributed by atoms with Gasteiger partial charge in [-0.05, 0) is 19.9 Å². The lowest BCUT2D eigenvalue weighted by Crippen LogP contribution is -2.34. The molecule has 5 nitrogen and oxygen atoms in total.